The molecule has 4 bridgehead atoms. The van der Waals surface area contributed by atoms with E-state index in [1.165, 1.54) is 44.9 Å². The lowest BCUT2D eigenvalue weighted by atomic mass is 9.83. The number of amides is 3. The van der Waals surface area contributed by atoms with Gasteiger partial charge in [0.1, 0.15) is 40.7 Å². The summed E-state index contributed by atoms with van der Waals surface area (Å²) in [5.41, 5.74) is -0.997. The number of ether oxygens (including phenoxy) is 5. The van der Waals surface area contributed by atoms with Gasteiger partial charge in [-0.1, -0.05) is 54.1 Å². The summed E-state index contributed by atoms with van der Waals surface area (Å²) in [4.78, 5) is 67.4. The lowest BCUT2D eigenvalue weighted by Gasteiger charge is -2.42. The lowest BCUT2D eigenvalue weighted by molar-refractivity contribution is -0.162. The number of esters is 1. The average molecular weight is 780 g/mol. The number of alkyl carbamates (subject to hydrolysis) is 1. The maximum Gasteiger partial charge on any atom is 0.409 e. The zero-order valence-electron chi connectivity index (χ0n) is 31.6. The first-order chi connectivity index (χ1) is 24.8. The molecule has 16 heteroatoms. The van der Waals surface area contributed by atoms with Gasteiger partial charge in [0.25, 0.3) is 0 Å². The predicted octanol–water partition coefficient (Wildman–Crippen LogP) is 4.18. The number of rotatable bonds is 8. The number of likely N-dealkylation sites (N-methyl/N-ethyl adjacent to an activating group) is 1. The van der Waals surface area contributed by atoms with Crippen LogP contribution in [-0.2, 0) is 44.5 Å². The molecule has 0 radical (unpaired) electrons. The number of hydrogen-bond acceptors (Lipinski definition) is 12. The standard InChI is InChI=1S/C37H50ClN3O11S/c1-20-11-10-12-28(49-9)37(47)19-27(50-35(46)39-37)21(2)33-36(5,52-33)29(51-34(45)22(3)40(6)30(43)13-14-53-23(4)42)18-31(44)41(7)25-16-24(15-20)17-26(48-8)32(25)38/h10-12,16-17,21-22,27-29,33,47H,13-15,18-19H2,1-9H3,(H,39,46)/b12-10+,20-11+/t21-,22+,27+,28-,29+,33+,36?,37+/m1/s1. The molecule has 0 saturated carbocycles. The number of halogens is 1. The van der Waals surface area contributed by atoms with Crippen molar-refractivity contribution in [2.24, 2.45) is 5.92 Å². The van der Waals surface area contributed by atoms with Crippen LogP contribution in [0.2, 0.25) is 5.02 Å². The topological polar surface area (TPSA) is 174 Å². The number of benzene rings is 1. The van der Waals surface area contributed by atoms with Crippen molar-refractivity contribution < 1.29 is 52.8 Å². The molecule has 2 saturated heterocycles. The number of carbonyl (C=O) groups is 5. The molecule has 0 spiro atoms. The van der Waals surface area contributed by atoms with Gasteiger partial charge in [-0.15, -0.1) is 0 Å². The molecule has 3 heterocycles. The molecule has 53 heavy (non-hydrogen) atoms. The van der Waals surface area contributed by atoms with Gasteiger partial charge >= 0.3 is 12.1 Å². The van der Waals surface area contributed by atoms with E-state index in [2.05, 4.69) is 5.32 Å². The summed E-state index contributed by atoms with van der Waals surface area (Å²) < 4.78 is 29.1. The number of anilines is 1. The van der Waals surface area contributed by atoms with Crippen molar-refractivity contribution >= 4 is 58.0 Å². The van der Waals surface area contributed by atoms with E-state index in [4.69, 9.17) is 35.3 Å². The summed E-state index contributed by atoms with van der Waals surface area (Å²) in [6.07, 6.45) is 0.788. The van der Waals surface area contributed by atoms with Crippen LogP contribution in [0.5, 0.6) is 5.75 Å². The lowest BCUT2D eigenvalue weighted by Crippen LogP contribution is -2.63. The Labute approximate surface area is 319 Å². The molecule has 8 atom stereocenters. The summed E-state index contributed by atoms with van der Waals surface area (Å²) in [6.45, 7) is 8.31. The predicted molar refractivity (Wildman–Crippen MR) is 199 cm³/mol. The molecular formula is C37H50ClN3O11S. The van der Waals surface area contributed by atoms with Gasteiger partial charge < -0.3 is 38.6 Å². The van der Waals surface area contributed by atoms with Crippen molar-refractivity contribution in [1.29, 1.82) is 0 Å². The summed E-state index contributed by atoms with van der Waals surface area (Å²) >= 11 is 7.76. The summed E-state index contributed by atoms with van der Waals surface area (Å²) in [7, 11) is 5.92. The Kier molecular flexibility index (Phi) is 13.7. The highest BCUT2D eigenvalue weighted by Crippen LogP contribution is 2.49. The van der Waals surface area contributed by atoms with Gasteiger partial charge in [-0.25, -0.2) is 9.59 Å². The molecule has 0 aromatic heterocycles. The number of methoxy groups -OCH3 is 2. The van der Waals surface area contributed by atoms with E-state index >= 15 is 0 Å². The van der Waals surface area contributed by atoms with E-state index in [0.29, 0.717) is 17.9 Å². The quantitative estimate of drug-likeness (QED) is 0.285. The van der Waals surface area contributed by atoms with Crippen LogP contribution < -0.4 is 15.0 Å². The first-order valence-corrected chi connectivity index (χ1v) is 18.7. The van der Waals surface area contributed by atoms with E-state index in [-0.39, 0.29) is 41.1 Å². The molecule has 2 fully saturated rings. The van der Waals surface area contributed by atoms with Gasteiger partial charge in [-0.3, -0.25) is 19.7 Å². The molecule has 3 aliphatic heterocycles. The Bertz CT molecular complexity index is 1660. The number of aliphatic hydroxyl groups is 1. The highest BCUT2D eigenvalue weighted by molar-refractivity contribution is 8.13. The van der Waals surface area contributed by atoms with Gasteiger partial charge in [0.05, 0.1) is 25.3 Å². The minimum Gasteiger partial charge on any atom is -0.495 e. The van der Waals surface area contributed by atoms with E-state index < -0.39 is 65.7 Å². The smallest absolute Gasteiger partial charge is 0.409 e. The monoisotopic (exact) mass is 779 g/mol. The average Bonchev–Trinajstić information content (AvgIpc) is 3.79. The number of carbonyl (C=O) groups excluding carboxylic acids is 5. The SMILES string of the molecule is COc1cc2cc(c1Cl)N(C)C(=O)C[C@H](OC(=O)[C@H](C)N(C)C(=O)CCSC(C)=O)C1(C)O[C@H]1[C@H](C)[C@@H]1C[C@@](O)(NC(=O)O1)[C@H](OC)/C=C/C=C(\C)C2. The Balaban J connectivity index is 1.73. The van der Waals surface area contributed by atoms with Crippen LogP contribution in [-0.4, -0.2) is 115 Å². The first-order valence-electron chi connectivity index (χ1n) is 17.3. The number of allylic oxidation sites excluding steroid dienone is 3. The zero-order chi connectivity index (χ0) is 39.4. The molecule has 1 aromatic rings. The second kappa shape index (κ2) is 17.2. The van der Waals surface area contributed by atoms with Crippen molar-refractivity contribution in [3.05, 3.63) is 46.5 Å². The molecule has 3 amide bonds. The summed E-state index contributed by atoms with van der Waals surface area (Å²) in [5.74, 6) is -1.52. The summed E-state index contributed by atoms with van der Waals surface area (Å²) in [5, 5.41) is 14.3. The molecule has 0 aliphatic carbocycles. The number of nitrogens with one attached hydrogen (secondary N) is 1. The van der Waals surface area contributed by atoms with E-state index in [1.807, 2.05) is 13.0 Å². The van der Waals surface area contributed by atoms with Crippen molar-refractivity contribution in [2.45, 2.75) is 102 Å². The van der Waals surface area contributed by atoms with Crippen LogP contribution in [0.1, 0.15) is 59.4 Å². The third-order valence-corrected chi connectivity index (χ3v) is 11.3. The fourth-order valence-electron chi connectivity index (χ4n) is 6.68. The zero-order valence-corrected chi connectivity index (χ0v) is 33.2. The number of fused-ring (bicyclic) bond motifs is 5. The van der Waals surface area contributed by atoms with Crippen molar-refractivity contribution in [1.82, 2.24) is 10.2 Å². The normalized spacial score (nSPS) is 31.1. The van der Waals surface area contributed by atoms with Crippen molar-refractivity contribution in [3.8, 4) is 5.75 Å². The Morgan fingerprint density at radius 1 is 1.25 bits per heavy atom. The third-order valence-electron chi connectivity index (χ3n) is 10.1. The molecule has 1 aromatic carbocycles. The van der Waals surface area contributed by atoms with Gasteiger partial charge in [-0.05, 0) is 44.9 Å². The Morgan fingerprint density at radius 3 is 2.58 bits per heavy atom. The molecule has 4 rings (SSSR count). The second-order valence-electron chi connectivity index (χ2n) is 14.0. The molecule has 3 aliphatic rings. The second-order valence-corrected chi connectivity index (χ2v) is 15.6. The van der Waals surface area contributed by atoms with Crippen LogP contribution in [0, 0.1) is 5.92 Å². The maximum absolute atomic E-state index is 14.1. The van der Waals surface area contributed by atoms with E-state index in [0.717, 1.165) is 22.9 Å². The molecule has 1 unspecified atom stereocenters. The molecular weight excluding hydrogens is 730 g/mol. The van der Waals surface area contributed by atoms with Crippen LogP contribution in [0.25, 0.3) is 0 Å². The largest absolute Gasteiger partial charge is 0.495 e. The minimum atomic E-state index is -1.84. The van der Waals surface area contributed by atoms with Gasteiger partial charge in [0.2, 0.25) is 11.8 Å². The molecule has 14 nitrogen and oxygen atoms in total. The number of epoxide rings is 1. The first kappa shape index (κ1) is 42.1. The third kappa shape index (κ3) is 9.73. The van der Waals surface area contributed by atoms with Crippen LogP contribution in [0.15, 0.2) is 35.9 Å². The molecule has 292 valence electrons. The highest BCUT2D eigenvalue weighted by Gasteiger charge is 2.64. The number of nitrogens with zero attached hydrogens (tertiary/aromatic N) is 2. The fraction of sp³-hybridized carbons (Fsp3) is 0.595. The maximum atomic E-state index is 14.1. The van der Waals surface area contributed by atoms with Gasteiger partial charge in [0.15, 0.2) is 10.8 Å². The summed E-state index contributed by atoms with van der Waals surface area (Å²) in [6, 6.07) is 2.52. The van der Waals surface area contributed by atoms with Crippen molar-refractivity contribution in [3.63, 3.8) is 0 Å². The van der Waals surface area contributed by atoms with Gasteiger partial charge in [0, 0.05) is 52.6 Å². The van der Waals surface area contributed by atoms with Gasteiger partial charge in [-0.2, -0.15) is 0 Å². The molecule has 2 N–H and O–H groups in total. The van der Waals surface area contributed by atoms with E-state index in [1.54, 1.807) is 45.2 Å². The number of thioether (sulfide) groups is 1. The van der Waals surface area contributed by atoms with Crippen molar-refractivity contribution in [2.75, 3.05) is 39.0 Å². The highest BCUT2D eigenvalue weighted by atomic mass is 35.5. The van der Waals surface area contributed by atoms with Crippen LogP contribution in [0.3, 0.4) is 0 Å². The number of hydrogen-bond donors (Lipinski definition) is 2. The Morgan fingerprint density at radius 2 is 1.94 bits per heavy atom. The fourth-order valence-corrected chi connectivity index (χ4v) is 7.55. The Hall–Kier alpha value is -3.63. The van der Waals surface area contributed by atoms with Crippen LogP contribution in [0.4, 0.5) is 10.5 Å². The van der Waals surface area contributed by atoms with Crippen LogP contribution >= 0.6 is 23.4 Å². The van der Waals surface area contributed by atoms with E-state index in [9.17, 15) is 29.1 Å². The minimum absolute atomic E-state index is 0.0329.